The van der Waals surface area contributed by atoms with Gasteiger partial charge in [0.15, 0.2) is 0 Å². The summed E-state index contributed by atoms with van der Waals surface area (Å²) in [5, 5.41) is 17.3. The highest BCUT2D eigenvalue weighted by Crippen LogP contribution is 2.29. The second-order valence-corrected chi connectivity index (χ2v) is 5.07. The molecule has 102 valence electrons. The van der Waals surface area contributed by atoms with Crippen LogP contribution < -0.4 is 10.2 Å². The minimum atomic E-state index is 0.225. The topological polar surface area (TPSA) is 53.3 Å². The molecule has 18 heavy (non-hydrogen) atoms. The Balaban J connectivity index is 2.35. The minimum absolute atomic E-state index is 0.225. The molecule has 1 atom stereocenters. The minimum Gasteiger partial charge on any atom is -0.394 e. The maximum absolute atomic E-state index is 9.55. The molecule has 1 saturated heterocycles. The fourth-order valence-electron chi connectivity index (χ4n) is 2.90. The number of aryl methyl sites for hydroxylation is 2. The van der Waals surface area contributed by atoms with Crippen molar-refractivity contribution in [1.82, 2.24) is 15.1 Å². The van der Waals surface area contributed by atoms with Crippen LogP contribution in [-0.4, -0.2) is 41.1 Å². The lowest BCUT2D eigenvalue weighted by Crippen LogP contribution is -2.43. The second-order valence-electron chi connectivity index (χ2n) is 5.07. The Hall–Kier alpha value is -1.07. The van der Waals surface area contributed by atoms with Crippen LogP contribution in [0.1, 0.15) is 30.5 Å². The van der Waals surface area contributed by atoms with Gasteiger partial charge in [-0.3, -0.25) is 4.68 Å². The molecule has 2 heterocycles. The van der Waals surface area contributed by atoms with Gasteiger partial charge in [0.1, 0.15) is 5.82 Å². The summed E-state index contributed by atoms with van der Waals surface area (Å²) in [6.07, 6.45) is 3.47. The number of hydrogen-bond acceptors (Lipinski definition) is 4. The predicted molar refractivity (Wildman–Crippen MR) is 72.8 cm³/mol. The Morgan fingerprint density at radius 1 is 1.44 bits per heavy atom. The first kappa shape index (κ1) is 13.4. The van der Waals surface area contributed by atoms with E-state index in [2.05, 4.69) is 15.3 Å². The van der Waals surface area contributed by atoms with E-state index in [1.807, 2.05) is 25.7 Å². The second kappa shape index (κ2) is 5.71. The standard InChI is InChI=1S/C13H24N4O/c1-10-12(8-14-2)13(16(3)15-10)17-7-5-4-6-11(17)9-18/h11,14,18H,4-9H2,1-3H3. The highest BCUT2D eigenvalue weighted by molar-refractivity contribution is 5.51. The van der Waals surface area contributed by atoms with Gasteiger partial charge >= 0.3 is 0 Å². The SMILES string of the molecule is CNCc1c(C)nn(C)c1N1CCCCC1CO. The first-order valence-corrected chi connectivity index (χ1v) is 6.73. The molecule has 1 aromatic heterocycles. The molecule has 0 aromatic carbocycles. The van der Waals surface area contributed by atoms with E-state index >= 15 is 0 Å². The third-order valence-corrected chi connectivity index (χ3v) is 3.78. The van der Waals surface area contributed by atoms with Crippen LogP contribution in [0.2, 0.25) is 0 Å². The van der Waals surface area contributed by atoms with Crippen molar-refractivity contribution < 1.29 is 5.11 Å². The van der Waals surface area contributed by atoms with Crippen LogP contribution in [-0.2, 0) is 13.6 Å². The molecule has 1 aliphatic heterocycles. The van der Waals surface area contributed by atoms with E-state index in [-0.39, 0.29) is 12.6 Å². The number of aliphatic hydroxyl groups is 1. The number of rotatable bonds is 4. The van der Waals surface area contributed by atoms with Crippen molar-refractivity contribution in [3.05, 3.63) is 11.3 Å². The number of hydrogen-bond donors (Lipinski definition) is 2. The Labute approximate surface area is 109 Å². The van der Waals surface area contributed by atoms with Crippen LogP contribution in [0.25, 0.3) is 0 Å². The number of piperidine rings is 1. The molecule has 2 rings (SSSR count). The van der Waals surface area contributed by atoms with E-state index in [1.165, 1.54) is 24.2 Å². The largest absolute Gasteiger partial charge is 0.394 e. The van der Waals surface area contributed by atoms with Gasteiger partial charge in [-0.1, -0.05) is 0 Å². The van der Waals surface area contributed by atoms with E-state index in [0.717, 1.165) is 25.2 Å². The van der Waals surface area contributed by atoms with E-state index < -0.39 is 0 Å². The molecule has 0 aliphatic carbocycles. The molecule has 2 N–H and O–H groups in total. The summed E-state index contributed by atoms with van der Waals surface area (Å²) in [6, 6.07) is 0.240. The lowest BCUT2D eigenvalue weighted by atomic mass is 10.0. The number of aromatic nitrogens is 2. The molecule has 5 heteroatoms. The summed E-state index contributed by atoms with van der Waals surface area (Å²) in [6.45, 7) is 4.11. The molecule has 5 nitrogen and oxygen atoms in total. The van der Waals surface area contributed by atoms with Crippen molar-refractivity contribution in [2.75, 3.05) is 25.1 Å². The van der Waals surface area contributed by atoms with Crippen LogP contribution in [0.15, 0.2) is 0 Å². The van der Waals surface area contributed by atoms with Crippen molar-refractivity contribution in [2.45, 2.75) is 38.8 Å². The fourth-order valence-corrected chi connectivity index (χ4v) is 2.90. The van der Waals surface area contributed by atoms with Crippen molar-refractivity contribution in [2.24, 2.45) is 7.05 Å². The highest BCUT2D eigenvalue weighted by atomic mass is 16.3. The number of nitrogens with one attached hydrogen (secondary N) is 1. The maximum atomic E-state index is 9.55. The molecule has 0 spiro atoms. The van der Waals surface area contributed by atoms with Gasteiger partial charge in [0.05, 0.1) is 18.3 Å². The number of anilines is 1. The Kier molecular flexibility index (Phi) is 4.24. The van der Waals surface area contributed by atoms with Crippen molar-refractivity contribution in [1.29, 1.82) is 0 Å². The summed E-state index contributed by atoms with van der Waals surface area (Å²) in [5.41, 5.74) is 2.32. The van der Waals surface area contributed by atoms with Crippen molar-refractivity contribution in [3.8, 4) is 0 Å². The number of aliphatic hydroxyl groups excluding tert-OH is 1. The summed E-state index contributed by atoms with van der Waals surface area (Å²) < 4.78 is 1.95. The van der Waals surface area contributed by atoms with Gasteiger partial charge in [-0.15, -0.1) is 0 Å². The number of nitrogens with zero attached hydrogens (tertiary/aromatic N) is 3. The first-order chi connectivity index (χ1) is 8.69. The van der Waals surface area contributed by atoms with Crippen LogP contribution in [0.5, 0.6) is 0 Å². The molecule has 1 unspecified atom stereocenters. The lowest BCUT2D eigenvalue weighted by Gasteiger charge is -2.36. The molecule has 0 amide bonds. The smallest absolute Gasteiger partial charge is 0.131 e. The van der Waals surface area contributed by atoms with Crippen LogP contribution in [0, 0.1) is 6.92 Å². The predicted octanol–water partition coefficient (Wildman–Crippen LogP) is 0.799. The molecule has 1 fully saturated rings. The molecular formula is C13H24N4O. The highest BCUT2D eigenvalue weighted by Gasteiger charge is 2.27. The quantitative estimate of drug-likeness (QED) is 0.832. The van der Waals surface area contributed by atoms with Crippen LogP contribution in [0.4, 0.5) is 5.82 Å². The third kappa shape index (κ3) is 2.37. The molecule has 0 bridgehead atoms. The summed E-state index contributed by atoms with van der Waals surface area (Å²) in [4.78, 5) is 2.33. The van der Waals surface area contributed by atoms with Gasteiger partial charge < -0.3 is 15.3 Å². The maximum Gasteiger partial charge on any atom is 0.131 e. The van der Waals surface area contributed by atoms with E-state index in [9.17, 15) is 5.11 Å². The molecule has 1 aromatic rings. The monoisotopic (exact) mass is 252 g/mol. The normalized spacial score (nSPS) is 20.4. The average molecular weight is 252 g/mol. The average Bonchev–Trinajstić information content (AvgIpc) is 2.65. The van der Waals surface area contributed by atoms with Crippen LogP contribution in [0.3, 0.4) is 0 Å². The Morgan fingerprint density at radius 2 is 2.22 bits per heavy atom. The van der Waals surface area contributed by atoms with Gasteiger partial charge in [0, 0.05) is 25.7 Å². The zero-order valence-corrected chi connectivity index (χ0v) is 11.6. The molecule has 0 radical (unpaired) electrons. The third-order valence-electron chi connectivity index (χ3n) is 3.78. The lowest BCUT2D eigenvalue weighted by molar-refractivity contribution is 0.238. The summed E-state index contributed by atoms with van der Waals surface area (Å²) in [7, 11) is 3.94. The van der Waals surface area contributed by atoms with Gasteiger partial charge in [-0.2, -0.15) is 5.10 Å². The van der Waals surface area contributed by atoms with Gasteiger partial charge in [0.25, 0.3) is 0 Å². The molecule has 1 aliphatic rings. The first-order valence-electron chi connectivity index (χ1n) is 6.73. The van der Waals surface area contributed by atoms with Crippen molar-refractivity contribution in [3.63, 3.8) is 0 Å². The van der Waals surface area contributed by atoms with E-state index in [4.69, 9.17) is 0 Å². The molecular weight excluding hydrogens is 228 g/mol. The fraction of sp³-hybridized carbons (Fsp3) is 0.769. The summed E-state index contributed by atoms with van der Waals surface area (Å²) in [5.74, 6) is 1.17. The Morgan fingerprint density at radius 3 is 2.89 bits per heavy atom. The Bertz CT molecular complexity index is 402. The van der Waals surface area contributed by atoms with Gasteiger partial charge in [0.2, 0.25) is 0 Å². The van der Waals surface area contributed by atoms with Crippen molar-refractivity contribution >= 4 is 5.82 Å². The van der Waals surface area contributed by atoms with E-state index in [1.54, 1.807) is 0 Å². The zero-order valence-electron chi connectivity index (χ0n) is 11.6. The van der Waals surface area contributed by atoms with Gasteiger partial charge in [-0.05, 0) is 33.2 Å². The van der Waals surface area contributed by atoms with E-state index in [0.29, 0.717) is 0 Å². The molecule has 0 saturated carbocycles. The zero-order chi connectivity index (χ0) is 13.1. The van der Waals surface area contributed by atoms with Gasteiger partial charge in [-0.25, -0.2) is 0 Å². The summed E-state index contributed by atoms with van der Waals surface area (Å²) >= 11 is 0. The van der Waals surface area contributed by atoms with Crippen LogP contribution >= 0.6 is 0 Å².